The van der Waals surface area contributed by atoms with Crippen molar-refractivity contribution in [3.05, 3.63) is 0 Å². The highest BCUT2D eigenvalue weighted by Gasteiger charge is 2.45. The van der Waals surface area contributed by atoms with Gasteiger partial charge in [0.2, 0.25) is 5.91 Å². The number of hydrogen-bond donors (Lipinski definition) is 2. The number of hydrogen-bond acceptors (Lipinski definition) is 4. The minimum absolute atomic E-state index is 0.141. The van der Waals surface area contributed by atoms with Gasteiger partial charge in [0.1, 0.15) is 12.1 Å². The summed E-state index contributed by atoms with van der Waals surface area (Å²) in [6.45, 7) is 2.46. The van der Waals surface area contributed by atoms with Crippen LogP contribution < -0.4 is 5.73 Å². The lowest BCUT2D eigenvalue weighted by molar-refractivity contribution is -0.141. The predicted octanol–water partition coefficient (Wildman–Crippen LogP) is 0.684. The number of rotatable bonds is 4. The van der Waals surface area contributed by atoms with Crippen LogP contribution in [0.15, 0.2) is 0 Å². The molecule has 0 aromatic heterocycles. The number of amides is 3. The lowest BCUT2D eigenvalue weighted by Crippen LogP contribution is -2.54. The zero-order chi connectivity index (χ0) is 15.6. The van der Waals surface area contributed by atoms with Crippen LogP contribution in [0, 0.1) is 0 Å². The van der Waals surface area contributed by atoms with E-state index in [4.69, 9.17) is 5.73 Å². The van der Waals surface area contributed by atoms with Crippen LogP contribution in [-0.4, -0.2) is 62.6 Å². The van der Waals surface area contributed by atoms with E-state index >= 15 is 0 Å². The van der Waals surface area contributed by atoms with Gasteiger partial charge in [-0.1, -0.05) is 13.3 Å². The molecule has 0 bridgehead atoms. The van der Waals surface area contributed by atoms with Gasteiger partial charge in [-0.15, -0.1) is 11.8 Å². The molecule has 3 unspecified atom stereocenters. The number of aliphatic carboxylic acids is 1. The zero-order valence-corrected chi connectivity index (χ0v) is 12.8. The van der Waals surface area contributed by atoms with Gasteiger partial charge in [0, 0.05) is 12.3 Å². The minimum Gasteiger partial charge on any atom is -0.480 e. The van der Waals surface area contributed by atoms with Crippen molar-refractivity contribution in [3.8, 4) is 0 Å². The van der Waals surface area contributed by atoms with Crippen LogP contribution in [0.25, 0.3) is 0 Å². The van der Waals surface area contributed by atoms with Gasteiger partial charge >= 0.3 is 12.0 Å². The molecule has 0 saturated carbocycles. The first-order chi connectivity index (χ1) is 9.97. The first-order valence-corrected chi connectivity index (χ1v) is 8.25. The third-order valence-electron chi connectivity index (χ3n) is 3.96. The van der Waals surface area contributed by atoms with Crippen molar-refractivity contribution >= 4 is 29.7 Å². The molecular weight excluding hydrogens is 294 g/mol. The van der Waals surface area contributed by atoms with Crippen LogP contribution >= 0.6 is 11.8 Å². The molecule has 8 heteroatoms. The highest BCUT2D eigenvalue weighted by Crippen LogP contribution is 2.34. The maximum absolute atomic E-state index is 12.7. The number of thioether (sulfide) groups is 1. The molecule has 2 heterocycles. The van der Waals surface area contributed by atoms with E-state index in [1.807, 2.05) is 6.92 Å². The van der Waals surface area contributed by atoms with Crippen LogP contribution in [0.3, 0.4) is 0 Å². The Labute approximate surface area is 127 Å². The molecule has 2 aliphatic heterocycles. The predicted molar refractivity (Wildman–Crippen MR) is 78.7 cm³/mol. The molecular formula is C13H21N3O4S. The lowest BCUT2D eigenvalue weighted by Gasteiger charge is -2.33. The van der Waals surface area contributed by atoms with Crippen LogP contribution in [0.2, 0.25) is 0 Å². The molecule has 2 saturated heterocycles. The number of primary amides is 1. The van der Waals surface area contributed by atoms with E-state index in [0.717, 1.165) is 19.3 Å². The normalized spacial score (nSPS) is 28.9. The van der Waals surface area contributed by atoms with E-state index < -0.39 is 24.0 Å². The Kier molecular flexibility index (Phi) is 4.97. The fourth-order valence-corrected chi connectivity index (χ4v) is 4.43. The van der Waals surface area contributed by atoms with Crippen LogP contribution in [-0.2, 0) is 9.59 Å². The van der Waals surface area contributed by atoms with Gasteiger partial charge in [-0.2, -0.15) is 0 Å². The molecule has 2 aliphatic rings. The molecule has 0 spiro atoms. The maximum atomic E-state index is 12.7. The summed E-state index contributed by atoms with van der Waals surface area (Å²) >= 11 is 1.49. The van der Waals surface area contributed by atoms with Gasteiger partial charge in [0.05, 0.1) is 5.37 Å². The van der Waals surface area contributed by atoms with Gasteiger partial charge in [0.25, 0.3) is 0 Å². The van der Waals surface area contributed by atoms with E-state index in [9.17, 15) is 19.5 Å². The van der Waals surface area contributed by atoms with Crippen molar-refractivity contribution in [3.63, 3.8) is 0 Å². The van der Waals surface area contributed by atoms with Crippen molar-refractivity contribution in [1.82, 2.24) is 9.80 Å². The molecule has 2 fully saturated rings. The summed E-state index contributed by atoms with van der Waals surface area (Å²) in [4.78, 5) is 38.4. The largest absolute Gasteiger partial charge is 0.480 e. The molecule has 3 N–H and O–H groups in total. The van der Waals surface area contributed by atoms with Crippen molar-refractivity contribution in [2.24, 2.45) is 5.73 Å². The van der Waals surface area contributed by atoms with Crippen molar-refractivity contribution in [1.29, 1.82) is 0 Å². The minimum atomic E-state index is -0.996. The zero-order valence-electron chi connectivity index (χ0n) is 12.0. The quantitative estimate of drug-likeness (QED) is 0.794. The first kappa shape index (κ1) is 15.9. The highest BCUT2D eigenvalue weighted by atomic mass is 32.2. The number of urea groups is 1. The van der Waals surface area contributed by atoms with E-state index in [1.54, 1.807) is 0 Å². The first-order valence-electron chi connectivity index (χ1n) is 7.20. The average molecular weight is 315 g/mol. The van der Waals surface area contributed by atoms with Crippen molar-refractivity contribution < 1.29 is 19.5 Å². The highest BCUT2D eigenvalue weighted by molar-refractivity contribution is 8.00. The Morgan fingerprint density at radius 2 is 2.05 bits per heavy atom. The molecule has 0 aliphatic carbocycles. The maximum Gasteiger partial charge on any atom is 0.327 e. The van der Waals surface area contributed by atoms with Gasteiger partial charge in [0.15, 0.2) is 0 Å². The van der Waals surface area contributed by atoms with E-state index in [2.05, 4.69) is 0 Å². The molecule has 3 atom stereocenters. The lowest BCUT2D eigenvalue weighted by atomic mass is 10.2. The fraction of sp³-hybridized carbons (Fsp3) is 0.769. The number of nitrogens with two attached hydrogens (primary N) is 1. The monoisotopic (exact) mass is 315 g/mol. The number of nitrogens with zero attached hydrogens (tertiary/aromatic N) is 2. The molecule has 7 nitrogen and oxygen atoms in total. The number of carboxylic acids is 1. The Morgan fingerprint density at radius 1 is 1.33 bits per heavy atom. The van der Waals surface area contributed by atoms with Crippen LogP contribution in [0.5, 0.6) is 0 Å². The summed E-state index contributed by atoms with van der Waals surface area (Å²) in [6.07, 6.45) is 2.89. The molecule has 2 rings (SSSR count). The van der Waals surface area contributed by atoms with Gasteiger partial charge in [-0.25, -0.2) is 9.59 Å². The van der Waals surface area contributed by atoms with E-state index in [-0.39, 0.29) is 11.4 Å². The summed E-state index contributed by atoms with van der Waals surface area (Å²) < 4.78 is 0. The molecule has 3 amide bonds. The molecule has 0 aromatic carbocycles. The van der Waals surface area contributed by atoms with Crippen molar-refractivity contribution in [2.45, 2.75) is 50.1 Å². The second kappa shape index (κ2) is 6.55. The topological polar surface area (TPSA) is 104 Å². The Hall–Kier alpha value is -1.44. The SMILES string of the molecule is CCCC1SCC(C(=O)O)N1C(=O)N1CCCC1C(N)=O. The van der Waals surface area contributed by atoms with Gasteiger partial charge < -0.3 is 15.7 Å². The number of carboxylic acid groups (broad SMARTS) is 1. The molecule has 21 heavy (non-hydrogen) atoms. The summed E-state index contributed by atoms with van der Waals surface area (Å²) in [7, 11) is 0. The Balaban J connectivity index is 2.20. The van der Waals surface area contributed by atoms with E-state index in [0.29, 0.717) is 18.7 Å². The van der Waals surface area contributed by atoms with Crippen LogP contribution in [0.4, 0.5) is 4.79 Å². The van der Waals surface area contributed by atoms with Crippen molar-refractivity contribution in [2.75, 3.05) is 12.3 Å². The summed E-state index contributed by atoms with van der Waals surface area (Å²) in [5.74, 6) is -1.13. The van der Waals surface area contributed by atoms with Gasteiger partial charge in [-0.05, 0) is 19.3 Å². The van der Waals surface area contributed by atoms with Crippen LogP contribution in [0.1, 0.15) is 32.6 Å². The summed E-state index contributed by atoms with van der Waals surface area (Å²) in [5.41, 5.74) is 5.34. The summed E-state index contributed by atoms with van der Waals surface area (Å²) in [5, 5.41) is 9.18. The smallest absolute Gasteiger partial charge is 0.327 e. The second-order valence-corrected chi connectivity index (χ2v) is 6.59. The number of carbonyl (C=O) groups excluding carboxylic acids is 2. The number of carbonyl (C=O) groups is 3. The van der Waals surface area contributed by atoms with E-state index in [1.165, 1.54) is 21.6 Å². The average Bonchev–Trinajstić information content (AvgIpc) is 3.04. The summed E-state index contributed by atoms with van der Waals surface area (Å²) in [6, 6.07) is -1.81. The fourth-order valence-electron chi connectivity index (χ4n) is 2.92. The number of likely N-dealkylation sites (tertiary alicyclic amines) is 1. The standard InChI is InChI=1S/C13H21N3O4S/c1-2-4-10-16(9(7-21-10)12(18)19)13(20)15-6-3-5-8(15)11(14)17/h8-10H,2-7H2,1H3,(H2,14,17)(H,18,19). The third-order valence-corrected chi connectivity index (χ3v) is 5.32. The Bertz CT molecular complexity index is 445. The second-order valence-electron chi connectivity index (χ2n) is 5.37. The molecule has 0 radical (unpaired) electrons. The molecule has 0 aromatic rings. The third kappa shape index (κ3) is 3.09. The van der Waals surface area contributed by atoms with Gasteiger partial charge in [-0.3, -0.25) is 9.69 Å². The molecule has 118 valence electrons. The Morgan fingerprint density at radius 3 is 2.62 bits per heavy atom.